The maximum Gasteiger partial charge on any atom is 0.0518 e. The van der Waals surface area contributed by atoms with E-state index in [-0.39, 0.29) is 0 Å². The Balaban J connectivity index is 1.84. The molecule has 0 aromatic rings. The van der Waals surface area contributed by atoms with Crippen LogP contribution in [-0.2, 0) is 4.74 Å². The summed E-state index contributed by atoms with van der Waals surface area (Å²) < 4.78 is 5.52. The smallest absolute Gasteiger partial charge is 0.0518 e. The van der Waals surface area contributed by atoms with Crippen molar-refractivity contribution in [3.63, 3.8) is 0 Å². The molecule has 0 atom stereocenters. The molecule has 2 fully saturated rings. The molecule has 2 aliphatic rings. The molecule has 0 amide bonds. The lowest BCUT2D eigenvalue weighted by molar-refractivity contribution is 0.0159. The van der Waals surface area contributed by atoms with Gasteiger partial charge in [0.1, 0.15) is 0 Å². The highest BCUT2D eigenvalue weighted by molar-refractivity contribution is 4.88. The first kappa shape index (κ1) is 14.4. The Kier molecular flexibility index (Phi) is 5.54. The Morgan fingerprint density at radius 2 is 1.56 bits per heavy atom. The lowest BCUT2D eigenvalue weighted by Gasteiger charge is -2.43. The van der Waals surface area contributed by atoms with E-state index in [4.69, 9.17) is 4.74 Å². The standard InChI is InChI=1S/C17H32O/c1-3-11-17(14-18-2)12-9-16(10-13-17)15-7-5-4-6-8-15/h15-16H,3-14H2,1-2H3. The van der Waals surface area contributed by atoms with Gasteiger partial charge in [-0.3, -0.25) is 0 Å². The Morgan fingerprint density at radius 3 is 2.11 bits per heavy atom. The highest BCUT2D eigenvalue weighted by Crippen LogP contribution is 2.47. The number of hydrogen-bond donors (Lipinski definition) is 0. The van der Waals surface area contributed by atoms with Gasteiger partial charge in [0, 0.05) is 7.11 Å². The summed E-state index contributed by atoms with van der Waals surface area (Å²) in [6.07, 6.45) is 16.0. The second kappa shape index (κ2) is 6.93. The average Bonchev–Trinajstić information content (AvgIpc) is 2.41. The Hall–Kier alpha value is -0.0400. The molecule has 2 saturated carbocycles. The zero-order chi connectivity index (χ0) is 12.8. The fraction of sp³-hybridized carbons (Fsp3) is 1.00. The highest BCUT2D eigenvalue weighted by Gasteiger charge is 2.37. The lowest BCUT2D eigenvalue weighted by Crippen LogP contribution is -2.34. The van der Waals surface area contributed by atoms with Crippen LogP contribution >= 0.6 is 0 Å². The summed E-state index contributed by atoms with van der Waals surface area (Å²) in [5.41, 5.74) is 0.536. The molecule has 0 unspecified atom stereocenters. The van der Waals surface area contributed by atoms with Crippen LogP contribution in [0.1, 0.15) is 77.6 Å². The second-order valence-corrected chi connectivity index (χ2v) is 6.92. The number of ether oxygens (including phenoxy) is 1. The van der Waals surface area contributed by atoms with Crippen molar-refractivity contribution in [1.82, 2.24) is 0 Å². The van der Waals surface area contributed by atoms with Gasteiger partial charge in [-0.15, -0.1) is 0 Å². The van der Waals surface area contributed by atoms with Gasteiger partial charge in [-0.2, -0.15) is 0 Å². The molecule has 2 aliphatic carbocycles. The molecule has 0 bridgehead atoms. The lowest BCUT2D eigenvalue weighted by atomic mass is 9.64. The molecule has 1 nitrogen and oxygen atoms in total. The van der Waals surface area contributed by atoms with Gasteiger partial charge in [0.05, 0.1) is 6.61 Å². The zero-order valence-corrected chi connectivity index (χ0v) is 12.5. The largest absolute Gasteiger partial charge is 0.384 e. The molecule has 0 radical (unpaired) electrons. The van der Waals surface area contributed by atoms with Crippen LogP contribution < -0.4 is 0 Å². The molecule has 0 spiro atoms. The van der Waals surface area contributed by atoms with Crippen molar-refractivity contribution in [1.29, 1.82) is 0 Å². The molecule has 0 N–H and O–H groups in total. The third kappa shape index (κ3) is 3.50. The van der Waals surface area contributed by atoms with Crippen molar-refractivity contribution in [2.75, 3.05) is 13.7 Å². The summed E-state index contributed by atoms with van der Waals surface area (Å²) in [6.45, 7) is 3.32. The quantitative estimate of drug-likeness (QED) is 0.654. The third-order valence-electron chi connectivity index (χ3n) is 5.64. The van der Waals surface area contributed by atoms with Gasteiger partial charge in [0.15, 0.2) is 0 Å². The third-order valence-corrected chi connectivity index (χ3v) is 5.64. The van der Waals surface area contributed by atoms with Gasteiger partial charge in [-0.05, 0) is 49.4 Å². The Labute approximate surface area is 114 Å². The summed E-state index contributed by atoms with van der Waals surface area (Å²) in [5.74, 6) is 2.12. The van der Waals surface area contributed by atoms with Gasteiger partial charge in [-0.25, -0.2) is 0 Å². The topological polar surface area (TPSA) is 9.23 Å². The number of hydrogen-bond acceptors (Lipinski definition) is 1. The normalized spacial score (nSPS) is 34.7. The highest BCUT2D eigenvalue weighted by atomic mass is 16.5. The van der Waals surface area contributed by atoms with Crippen LogP contribution in [0.5, 0.6) is 0 Å². The summed E-state index contributed by atoms with van der Waals surface area (Å²) in [6, 6.07) is 0. The maximum atomic E-state index is 5.52. The van der Waals surface area contributed by atoms with Crippen LogP contribution in [0.3, 0.4) is 0 Å². The first-order chi connectivity index (χ1) is 8.79. The van der Waals surface area contributed by atoms with E-state index >= 15 is 0 Å². The summed E-state index contributed by atoms with van der Waals surface area (Å²) in [4.78, 5) is 0. The van der Waals surface area contributed by atoms with E-state index < -0.39 is 0 Å². The predicted octanol–water partition coefficient (Wildman–Crippen LogP) is 5.19. The molecule has 0 heterocycles. The van der Waals surface area contributed by atoms with Crippen molar-refractivity contribution in [2.24, 2.45) is 17.3 Å². The molecule has 0 saturated heterocycles. The van der Waals surface area contributed by atoms with Gasteiger partial charge in [0.25, 0.3) is 0 Å². The van der Waals surface area contributed by atoms with Crippen LogP contribution in [0.15, 0.2) is 0 Å². The number of rotatable bonds is 5. The molecule has 18 heavy (non-hydrogen) atoms. The predicted molar refractivity (Wildman–Crippen MR) is 77.8 cm³/mol. The Morgan fingerprint density at radius 1 is 0.944 bits per heavy atom. The average molecular weight is 252 g/mol. The van der Waals surface area contributed by atoms with Crippen LogP contribution in [0, 0.1) is 17.3 Å². The molecule has 106 valence electrons. The van der Waals surface area contributed by atoms with Crippen molar-refractivity contribution in [2.45, 2.75) is 77.6 Å². The van der Waals surface area contributed by atoms with Crippen LogP contribution in [0.2, 0.25) is 0 Å². The molecule has 1 heteroatoms. The fourth-order valence-electron chi connectivity index (χ4n) is 4.63. The minimum absolute atomic E-state index is 0.536. The van der Waals surface area contributed by atoms with E-state index in [0.29, 0.717) is 5.41 Å². The minimum Gasteiger partial charge on any atom is -0.384 e. The molecule has 2 rings (SSSR count). The van der Waals surface area contributed by atoms with E-state index in [1.165, 1.54) is 70.6 Å². The first-order valence-electron chi connectivity index (χ1n) is 8.28. The maximum absolute atomic E-state index is 5.52. The van der Waals surface area contributed by atoms with Crippen molar-refractivity contribution >= 4 is 0 Å². The van der Waals surface area contributed by atoms with Crippen LogP contribution in [0.25, 0.3) is 0 Å². The Bertz CT molecular complexity index is 214. The molecule has 0 aromatic heterocycles. The molecular weight excluding hydrogens is 220 g/mol. The fourth-order valence-corrected chi connectivity index (χ4v) is 4.63. The SMILES string of the molecule is CCCC1(COC)CCC(C2CCCCC2)CC1. The van der Waals surface area contributed by atoms with E-state index in [2.05, 4.69) is 6.92 Å². The van der Waals surface area contributed by atoms with E-state index in [1.54, 1.807) is 0 Å². The van der Waals surface area contributed by atoms with Gasteiger partial charge in [0.2, 0.25) is 0 Å². The molecular formula is C17H32O. The van der Waals surface area contributed by atoms with E-state index in [0.717, 1.165) is 18.4 Å². The zero-order valence-electron chi connectivity index (χ0n) is 12.5. The van der Waals surface area contributed by atoms with Gasteiger partial charge < -0.3 is 4.74 Å². The molecule has 0 aromatic carbocycles. The monoisotopic (exact) mass is 252 g/mol. The summed E-state index contributed by atoms with van der Waals surface area (Å²) in [7, 11) is 1.88. The molecule has 0 aliphatic heterocycles. The van der Waals surface area contributed by atoms with Gasteiger partial charge >= 0.3 is 0 Å². The number of methoxy groups -OCH3 is 1. The van der Waals surface area contributed by atoms with E-state index in [1.807, 2.05) is 7.11 Å². The van der Waals surface area contributed by atoms with Crippen molar-refractivity contribution in [3.05, 3.63) is 0 Å². The second-order valence-electron chi connectivity index (χ2n) is 6.92. The summed E-state index contributed by atoms with van der Waals surface area (Å²) >= 11 is 0. The van der Waals surface area contributed by atoms with Crippen LogP contribution in [-0.4, -0.2) is 13.7 Å². The summed E-state index contributed by atoms with van der Waals surface area (Å²) in [5, 5.41) is 0. The van der Waals surface area contributed by atoms with E-state index in [9.17, 15) is 0 Å². The minimum atomic E-state index is 0.536. The first-order valence-corrected chi connectivity index (χ1v) is 8.28. The van der Waals surface area contributed by atoms with Crippen molar-refractivity contribution < 1.29 is 4.74 Å². The van der Waals surface area contributed by atoms with Gasteiger partial charge in [-0.1, -0.05) is 45.4 Å². The van der Waals surface area contributed by atoms with Crippen molar-refractivity contribution in [3.8, 4) is 0 Å². The van der Waals surface area contributed by atoms with Crippen LogP contribution in [0.4, 0.5) is 0 Å².